The van der Waals surface area contributed by atoms with Crippen molar-refractivity contribution in [3.63, 3.8) is 0 Å². The Morgan fingerprint density at radius 3 is 2.29 bits per heavy atom. The second-order valence-corrected chi connectivity index (χ2v) is 5.63. The quantitative estimate of drug-likeness (QED) is 0.813. The molecule has 0 bridgehead atoms. The summed E-state index contributed by atoms with van der Waals surface area (Å²) in [5.74, 6) is 0.483. The lowest BCUT2D eigenvalue weighted by Gasteiger charge is -2.11. The Morgan fingerprint density at radius 1 is 1.12 bits per heavy atom. The third kappa shape index (κ3) is 2.50. The van der Waals surface area contributed by atoms with Gasteiger partial charge in [0.2, 0.25) is 0 Å². The number of thiazole rings is 1. The molecular weight excluding hydrogens is 228 g/mol. The fourth-order valence-corrected chi connectivity index (χ4v) is 2.68. The van der Waals surface area contributed by atoms with Gasteiger partial charge in [0.05, 0.1) is 5.01 Å². The first kappa shape index (κ1) is 12.1. The molecule has 0 atom stereocenters. The molecule has 0 N–H and O–H groups in total. The van der Waals surface area contributed by atoms with Gasteiger partial charge in [-0.2, -0.15) is 0 Å². The minimum Gasteiger partial charge on any atom is -0.368 e. The lowest BCUT2D eigenvalue weighted by atomic mass is 10.1. The zero-order chi connectivity index (χ0) is 12.4. The van der Waals surface area contributed by atoms with Crippen molar-refractivity contribution in [2.24, 2.45) is 0 Å². The molecule has 0 fully saturated rings. The molecule has 2 aromatic rings. The zero-order valence-corrected chi connectivity index (χ0v) is 11.6. The van der Waals surface area contributed by atoms with Gasteiger partial charge in [0, 0.05) is 25.6 Å². The Hall–Kier alpha value is -1.35. The van der Waals surface area contributed by atoms with Crippen LogP contribution in [0.3, 0.4) is 0 Å². The van der Waals surface area contributed by atoms with Crippen LogP contribution in [0, 0.1) is 0 Å². The predicted molar refractivity (Wildman–Crippen MR) is 76.0 cm³/mol. The van der Waals surface area contributed by atoms with Crippen LogP contribution in [-0.2, 0) is 0 Å². The van der Waals surface area contributed by atoms with Crippen molar-refractivity contribution in [1.29, 1.82) is 0 Å². The number of hydrogen-bond acceptors (Lipinski definition) is 3. The summed E-state index contributed by atoms with van der Waals surface area (Å²) in [6.07, 6.45) is 0. The molecule has 0 unspecified atom stereocenters. The number of rotatable bonds is 3. The van der Waals surface area contributed by atoms with E-state index in [2.05, 4.69) is 57.1 Å². The minimum atomic E-state index is 0.483. The highest BCUT2D eigenvalue weighted by atomic mass is 32.1. The van der Waals surface area contributed by atoms with Crippen LogP contribution in [0.1, 0.15) is 24.8 Å². The monoisotopic (exact) mass is 246 g/mol. The van der Waals surface area contributed by atoms with Crippen LogP contribution in [0.25, 0.3) is 11.3 Å². The fourth-order valence-electron chi connectivity index (χ4n) is 1.66. The smallest absolute Gasteiger partial charge is 0.119 e. The molecule has 0 spiro atoms. The van der Waals surface area contributed by atoms with Crippen LogP contribution in [0.5, 0.6) is 0 Å². The third-order valence-electron chi connectivity index (χ3n) is 2.57. The second-order valence-electron chi connectivity index (χ2n) is 4.62. The maximum atomic E-state index is 4.78. The van der Waals surface area contributed by atoms with Gasteiger partial charge in [-0.05, 0) is 0 Å². The van der Waals surface area contributed by atoms with Gasteiger partial charge >= 0.3 is 0 Å². The molecule has 1 aromatic carbocycles. The summed E-state index contributed by atoms with van der Waals surface area (Å²) >= 11 is 1.79. The number of hydrogen-bond donors (Lipinski definition) is 0. The third-order valence-corrected chi connectivity index (χ3v) is 4.10. The van der Waals surface area contributed by atoms with Crippen LogP contribution in [0.15, 0.2) is 30.3 Å². The minimum absolute atomic E-state index is 0.483. The van der Waals surface area contributed by atoms with Gasteiger partial charge in [0.15, 0.2) is 0 Å². The summed E-state index contributed by atoms with van der Waals surface area (Å²) in [5.41, 5.74) is 2.30. The summed E-state index contributed by atoms with van der Waals surface area (Å²) in [7, 11) is 4.15. The Balaban J connectivity index is 2.52. The van der Waals surface area contributed by atoms with Gasteiger partial charge in [0.25, 0.3) is 0 Å². The molecule has 0 saturated carbocycles. The van der Waals surface area contributed by atoms with Gasteiger partial charge in [-0.15, -0.1) is 11.3 Å². The second kappa shape index (κ2) is 4.88. The molecule has 2 nitrogen and oxygen atoms in total. The first-order valence-corrected chi connectivity index (χ1v) is 6.64. The molecular formula is C14H18N2S. The van der Waals surface area contributed by atoms with Crippen molar-refractivity contribution >= 4 is 16.3 Å². The molecule has 0 aliphatic rings. The SMILES string of the molecule is CC(C)c1nc(-c2ccccc2)c(N(C)C)s1. The van der Waals surface area contributed by atoms with E-state index in [1.54, 1.807) is 11.3 Å². The Labute approximate surface area is 107 Å². The lowest BCUT2D eigenvalue weighted by molar-refractivity contribution is 0.853. The average Bonchev–Trinajstić information content (AvgIpc) is 2.75. The van der Waals surface area contributed by atoms with E-state index in [4.69, 9.17) is 4.98 Å². The van der Waals surface area contributed by atoms with Crippen molar-refractivity contribution in [3.8, 4) is 11.3 Å². The van der Waals surface area contributed by atoms with Gasteiger partial charge < -0.3 is 4.90 Å². The van der Waals surface area contributed by atoms with Crippen molar-refractivity contribution in [3.05, 3.63) is 35.3 Å². The molecule has 2 rings (SSSR count). The summed E-state index contributed by atoms with van der Waals surface area (Å²) in [6.45, 7) is 4.38. The zero-order valence-electron chi connectivity index (χ0n) is 10.8. The highest BCUT2D eigenvalue weighted by Crippen LogP contribution is 2.37. The Morgan fingerprint density at radius 2 is 1.76 bits per heavy atom. The maximum Gasteiger partial charge on any atom is 0.119 e. The molecule has 3 heteroatoms. The Bertz CT molecular complexity index is 486. The van der Waals surface area contributed by atoms with Crippen LogP contribution in [-0.4, -0.2) is 19.1 Å². The van der Waals surface area contributed by atoms with E-state index < -0.39 is 0 Å². The molecule has 0 amide bonds. The van der Waals surface area contributed by atoms with E-state index in [-0.39, 0.29) is 0 Å². The largest absolute Gasteiger partial charge is 0.368 e. The summed E-state index contributed by atoms with van der Waals surface area (Å²) in [6, 6.07) is 10.4. The molecule has 0 aliphatic heterocycles. The molecule has 90 valence electrons. The average molecular weight is 246 g/mol. The van der Waals surface area contributed by atoms with Gasteiger partial charge in [-0.3, -0.25) is 0 Å². The molecule has 1 heterocycles. The molecule has 0 radical (unpaired) electrons. The molecule has 0 aliphatic carbocycles. The van der Waals surface area contributed by atoms with E-state index in [1.807, 2.05) is 6.07 Å². The Kier molecular flexibility index (Phi) is 3.48. The van der Waals surface area contributed by atoms with Crippen molar-refractivity contribution in [2.75, 3.05) is 19.0 Å². The first-order chi connectivity index (χ1) is 8.09. The summed E-state index contributed by atoms with van der Waals surface area (Å²) in [4.78, 5) is 6.92. The summed E-state index contributed by atoms with van der Waals surface area (Å²) < 4.78 is 0. The lowest BCUT2D eigenvalue weighted by Crippen LogP contribution is -2.07. The predicted octanol–water partition coefficient (Wildman–Crippen LogP) is 4.00. The van der Waals surface area contributed by atoms with Gasteiger partial charge in [-0.25, -0.2) is 4.98 Å². The number of anilines is 1. The van der Waals surface area contributed by atoms with Crippen LogP contribution >= 0.6 is 11.3 Å². The number of benzene rings is 1. The molecule has 17 heavy (non-hydrogen) atoms. The maximum absolute atomic E-state index is 4.78. The fraction of sp³-hybridized carbons (Fsp3) is 0.357. The topological polar surface area (TPSA) is 16.1 Å². The van der Waals surface area contributed by atoms with E-state index >= 15 is 0 Å². The normalized spacial score (nSPS) is 10.9. The highest BCUT2D eigenvalue weighted by molar-refractivity contribution is 7.16. The number of nitrogens with zero attached hydrogens (tertiary/aromatic N) is 2. The number of aromatic nitrogens is 1. The van der Waals surface area contributed by atoms with Gasteiger partial charge in [-0.1, -0.05) is 44.2 Å². The van der Waals surface area contributed by atoms with E-state index in [1.165, 1.54) is 15.6 Å². The van der Waals surface area contributed by atoms with Crippen molar-refractivity contribution in [1.82, 2.24) is 4.98 Å². The van der Waals surface area contributed by atoms with E-state index in [0.29, 0.717) is 5.92 Å². The summed E-state index contributed by atoms with van der Waals surface area (Å²) in [5, 5.41) is 2.44. The van der Waals surface area contributed by atoms with Crippen LogP contribution in [0.4, 0.5) is 5.00 Å². The van der Waals surface area contributed by atoms with Crippen LogP contribution in [0.2, 0.25) is 0 Å². The molecule has 1 aromatic heterocycles. The van der Waals surface area contributed by atoms with Crippen molar-refractivity contribution < 1.29 is 0 Å². The highest BCUT2D eigenvalue weighted by Gasteiger charge is 2.15. The van der Waals surface area contributed by atoms with Crippen molar-refractivity contribution in [2.45, 2.75) is 19.8 Å². The van der Waals surface area contributed by atoms with E-state index in [0.717, 1.165) is 5.69 Å². The van der Waals surface area contributed by atoms with Gasteiger partial charge in [0.1, 0.15) is 10.7 Å². The standard InChI is InChI=1S/C14H18N2S/c1-10(2)13-15-12(14(17-13)16(3)4)11-8-6-5-7-9-11/h5-10H,1-4H3. The molecule has 0 saturated heterocycles. The van der Waals surface area contributed by atoms with Crippen LogP contribution < -0.4 is 4.90 Å². The first-order valence-electron chi connectivity index (χ1n) is 5.83. The van der Waals surface area contributed by atoms with E-state index in [9.17, 15) is 0 Å².